The SMILES string of the molecule is CCCC(=O)c1ccc2c(C(=O)[C@H](NCCc3ccc(C)cc3)c3ccccc3)c[nH]c2c1. The molecule has 3 aromatic carbocycles. The van der Waals surface area contributed by atoms with Gasteiger partial charge in [-0.15, -0.1) is 0 Å². The molecule has 0 saturated heterocycles. The van der Waals surface area contributed by atoms with Gasteiger partial charge in [-0.2, -0.15) is 0 Å². The molecule has 4 rings (SSSR count). The fourth-order valence-corrected chi connectivity index (χ4v) is 4.15. The van der Waals surface area contributed by atoms with Crippen LogP contribution < -0.4 is 5.32 Å². The molecule has 0 aliphatic rings. The summed E-state index contributed by atoms with van der Waals surface area (Å²) in [6, 6.07) is 23.4. The number of aromatic nitrogens is 1. The molecule has 0 aliphatic carbocycles. The third-order valence-corrected chi connectivity index (χ3v) is 6.02. The van der Waals surface area contributed by atoms with Crippen molar-refractivity contribution in [3.63, 3.8) is 0 Å². The van der Waals surface area contributed by atoms with Crippen LogP contribution in [-0.4, -0.2) is 23.1 Å². The van der Waals surface area contributed by atoms with Gasteiger partial charge in [0, 0.05) is 41.2 Å². The fourth-order valence-electron chi connectivity index (χ4n) is 4.15. The molecule has 4 nitrogen and oxygen atoms in total. The number of aromatic amines is 1. The average Bonchev–Trinajstić information content (AvgIpc) is 3.27. The van der Waals surface area contributed by atoms with Crippen molar-refractivity contribution < 1.29 is 9.59 Å². The number of H-pyrrole nitrogens is 1. The van der Waals surface area contributed by atoms with Crippen LogP contribution in [0.4, 0.5) is 0 Å². The van der Waals surface area contributed by atoms with Gasteiger partial charge in [0.15, 0.2) is 11.6 Å². The summed E-state index contributed by atoms with van der Waals surface area (Å²) in [5.74, 6) is 0.144. The summed E-state index contributed by atoms with van der Waals surface area (Å²) >= 11 is 0. The predicted molar refractivity (Wildman–Crippen MR) is 134 cm³/mol. The van der Waals surface area contributed by atoms with Crippen LogP contribution in [-0.2, 0) is 6.42 Å². The summed E-state index contributed by atoms with van der Waals surface area (Å²) in [6.07, 6.45) is 3.95. The molecular weight excluding hydrogens is 408 g/mol. The van der Waals surface area contributed by atoms with E-state index in [9.17, 15) is 9.59 Å². The van der Waals surface area contributed by atoms with E-state index in [2.05, 4.69) is 41.5 Å². The Hall–Kier alpha value is -3.50. The number of benzene rings is 3. The van der Waals surface area contributed by atoms with Gasteiger partial charge in [-0.25, -0.2) is 0 Å². The van der Waals surface area contributed by atoms with Gasteiger partial charge in [0.1, 0.15) is 0 Å². The Bertz CT molecular complexity index is 1240. The van der Waals surface area contributed by atoms with Gasteiger partial charge < -0.3 is 10.3 Å². The summed E-state index contributed by atoms with van der Waals surface area (Å²) < 4.78 is 0. The first kappa shape index (κ1) is 22.7. The van der Waals surface area contributed by atoms with Crippen molar-refractivity contribution in [1.82, 2.24) is 10.3 Å². The Kier molecular flexibility index (Phi) is 7.16. The highest BCUT2D eigenvalue weighted by Gasteiger charge is 2.24. The normalized spacial score (nSPS) is 12.1. The largest absolute Gasteiger partial charge is 0.360 e. The summed E-state index contributed by atoms with van der Waals surface area (Å²) in [5.41, 5.74) is 5.55. The van der Waals surface area contributed by atoms with E-state index in [-0.39, 0.29) is 11.6 Å². The molecule has 0 radical (unpaired) electrons. The standard InChI is InChI=1S/C29H30N2O2/c1-3-7-27(32)23-14-15-24-25(19-31-26(24)18-23)29(33)28(22-8-5-4-6-9-22)30-17-16-21-12-10-20(2)11-13-21/h4-6,8-15,18-19,28,30-31H,3,7,16-17H2,1-2H3/t28-/m1/s1. The lowest BCUT2D eigenvalue weighted by Crippen LogP contribution is -2.30. The van der Waals surface area contributed by atoms with Crippen molar-refractivity contribution in [1.29, 1.82) is 0 Å². The Balaban J connectivity index is 1.57. The number of hydrogen-bond acceptors (Lipinski definition) is 3. The molecule has 168 valence electrons. The van der Waals surface area contributed by atoms with Gasteiger partial charge in [-0.1, -0.05) is 79.2 Å². The van der Waals surface area contributed by atoms with Gasteiger partial charge in [-0.3, -0.25) is 9.59 Å². The quantitative estimate of drug-likeness (QED) is 0.289. The number of fused-ring (bicyclic) bond motifs is 1. The van der Waals surface area contributed by atoms with Crippen LogP contribution in [0, 0.1) is 6.92 Å². The molecule has 4 heteroatoms. The predicted octanol–water partition coefficient (Wildman–Crippen LogP) is 6.22. The number of rotatable bonds is 10. The minimum Gasteiger partial charge on any atom is -0.360 e. The molecule has 4 aromatic rings. The Morgan fingerprint density at radius 2 is 1.73 bits per heavy atom. The van der Waals surface area contributed by atoms with Gasteiger partial charge in [-0.05, 0) is 37.0 Å². The van der Waals surface area contributed by atoms with E-state index >= 15 is 0 Å². The van der Waals surface area contributed by atoms with E-state index in [1.807, 2.05) is 55.5 Å². The lowest BCUT2D eigenvalue weighted by Gasteiger charge is -2.18. The van der Waals surface area contributed by atoms with Gasteiger partial charge in [0.2, 0.25) is 0 Å². The summed E-state index contributed by atoms with van der Waals surface area (Å²) in [5, 5.41) is 4.32. The summed E-state index contributed by atoms with van der Waals surface area (Å²) in [4.78, 5) is 29.2. The third-order valence-electron chi connectivity index (χ3n) is 6.02. The van der Waals surface area contributed by atoms with Gasteiger partial charge in [0.05, 0.1) is 6.04 Å². The minimum absolute atomic E-state index is 0.0176. The van der Waals surface area contributed by atoms with Crippen LogP contribution in [0.15, 0.2) is 79.0 Å². The number of ketones is 2. The van der Waals surface area contributed by atoms with Crippen molar-refractivity contribution >= 4 is 22.5 Å². The van der Waals surface area contributed by atoms with E-state index < -0.39 is 6.04 Å². The van der Waals surface area contributed by atoms with Crippen molar-refractivity contribution in [3.8, 4) is 0 Å². The zero-order chi connectivity index (χ0) is 23.2. The van der Waals surface area contributed by atoms with Crippen LogP contribution in [0.1, 0.15) is 63.2 Å². The molecule has 0 unspecified atom stereocenters. The van der Waals surface area contributed by atoms with Crippen LogP contribution >= 0.6 is 0 Å². The maximum Gasteiger partial charge on any atom is 0.186 e. The number of carbonyl (C=O) groups excluding carboxylic acids is 2. The highest BCUT2D eigenvalue weighted by atomic mass is 16.1. The highest BCUT2D eigenvalue weighted by Crippen LogP contribution is 2.26. The monoisotopic (exact) mass is 438 g/mol. The number of carbonyl (C=O) groups is 2. The zero-order valence-electron chi connectivity index (χ0n) is 19.2. The first-order chi connectivity index (χ1) is 16.1. The average molecular weight is 439 g/mol. The number of aryl methyl sites for hydroxylation is 1. The topological polar surface area (TPSA) is 62.0 Å². The smallest absolute Gasteiger partial charge is 0.186 e. The molecule has 0 amide bonds. The molecule has 0 bridgehead atoms. The van der Waals surface area contributed by atoms with Crippen LogP contribution in [0.25, 0.3) is 10.9 Å². The molecule has 1 heterocycles. The first-order valence-corrected chi connectivity index (χ1v) is 11.6. The van der Waals surface area contributed by atoms with E-state index in [1.165, 1.54) is 11.1 Å². The molecule has 0 aliphatic heterocycles. The Morgan fingerprint density at radius 3 is 2.45 bits per heavy atom. The maximum atomic E-state index is 13.7. The van der Waals surface area contributed by atoms with Crippen molar-refractivity contribution in [2.24, 2.45) is 0 Å². The molecule has 0 fully saturated rings. The van der Waals surface area contributed by atoms with Crippen molar-refractivity contribution in [2.45, 2.75) is 39.2 Å². The van der Waals surface area contributed by atoms with Crippen molar-refractivity contribution in [2.75, 3.05) is 6.54 Å². The maximum absolute atomic E-state index is 13.7. The fraction of sp³-hybridized carbons (Fsp3) is 0.241. The lowest BCUT2D eigenvalue weighted by molar-refractivity contribution is 0.0943. The first-order valence-electron chi connectivity index (χ1n) is 11.6. The Morgan fingerprint density at radius 1 is 0.970 bits per heavy atom. The highest BCUT2D eigenvalue weighted by molar-refractivity contribution is 6.11. The van der Waals surface area contributed by atoms with Crippen LogP contribution in [0.3, 0.4) is 0 Å². The van der Waals surface area contributed by atoms with Crippen molar-refractivity contribution in [3.05, 3.63) is 107 Å². The van der Waals surface area contributed by atoms with E-state index in [0.29, 0.717) is 24.1 Å². The molecule has 0 spiro atoms. The molecule has 2 N–H and O–H groups in total. The number of nitrogens with one attached hydrogen (secondary N) is 2. The second kappa shape index (κ2) is 10.4. The second-order valence-corrected chi connectivity index (χ2v) is 8.53. The van der Waals surface area contributed by atoms with E-state index in [1.54, 1.807) is 6.20 Å². The molecule has 1 aromatic heterocycles. The van der Waals surface area contributed by atoms with Gasteiger partial charge >= 0.3 is 0 Å². The molecule has 33 heavy (non-hydrogen) atoms. The van der Waals surface area contributed by atoms with Crippen LogP contribution in [0.2, 0.25) is 0 Å². The zero-order valence-corrected chi connectivity index (χ0v) is 19.2. The van der Waals surface area contributed by atoms with Crippen LogP contribution in [0.5, 0.6) is 0 Å². The Labute approximate surface area is 195 Å². The minimum atomic E-state index is -0.447. The second-order valence-electron chi connectivity index (χ2n) is 8.53. The number of Topliss-reactive ketones (excluding diaryl/α,β-unsaturated/α-hetero) is 2. The third kappa shape index (κ3) is 5.29. The van der Waals surface area contributed by atoms with E-state index in [0.717, 1.165) is 29.3 Å². The lowest BCUT2D eigenvalue weighted by atomic mass is 9.96. The number of hydrogen-bond donors (Lipinski definition) is 2. The van der Waals surface area contributed by atoms with Gasteiger partial charge in [0.25, 0.3) is 0 Å². The van der Waals surface area contributed by atoms with E-state index in [4.69, 9.17) is 0 Å². The molecule has 0 saturated carbocycles. The summed E-state index contributed by atoms with van der Waals surface area (Å²) in [6.45, 7) is 4.76. The summed E-state index contributed by atoms with van der Waals surface area (Å²) in [7, 11) is 0. The molecule has 1 atom stereocenters. The molecular formula is C29H30N2O2.